The summed E-state index contributed by atoms with van der Waals surface area (Å²) in [6.45, 7) is 1.94. The third kappa shape index (κ3) is 3.48. The van der Waals surface area contributed by atoms with Gasteiger partial charge in [0.15, 0.2) is 5.13 Å². The van der Waals surface area contributed by atoms with Crippen LogP contribution in [0.1, 0.15) is 15.4 Å². The fourth-order valence-electron chi connectivity index (χ4n) is 2.40. The van der Waals surface area contributed by atoms with Gasteiger partial charge < -0.3 is 9.47 Å². The van der Waals surface area contributed by atoms with Crippen LogP contribution in [-0.4, -0.2) is 34.9 Å². The van der Waals surface area contributed by atoms with Crippen LogP contribution in [0.2, 0.25) is 0 Å². The lowest BCUT2D eigenvalue weighted by Gasteiger charge is -2.08. The van der Waals surface area contributed by atoms with Gasteiger partial charge in [-0.3, -0.25) is 14.8 Å². The Morgan fingerprint density at radius 2 is 2.04 bits per heavy atom. The van der Waals surface area contributed by atoms with E-state index >= 15 is 0 Å². The number of anilines is 1. The SMILES string of the molecule is COc1ccc(OC)c(-c2cc(C(=O)Nc3ncc(C)s3)n(C)n2)c1. The van der Waals surface area contributed by atoms with Crippen molar-refractivity contribution in [1.82, 2.24) is 14.8 Å². The molecule has 0 radical (unpaired) electrons. The van der Waals surface area contributed by atoms with E-state index in [4.69, 9.17) is 9.47 Å². The van der Waals surface area contributed by atoms with E-state index in [1.165, 1.54) is 16.0 Å². The fraction of sp³-hybridized carbons (Fsp3) is 0.235. The number of ether oxygens (including phenoxy) is 2. The maximum Gasteiger partial charge on any atom is 0.275 e. The molecule has 1 N–H and O–H groups in total. The summed E-state index contributed by atoms with van der Waals surface area (Å²) in [5.74, 6) is 1.07. The zero-order chi connectivity index (χ0) is 18.0. The van der Waals surface area contributed by atoms with Crippen molar-refractivity contribution in [2.75, 3.05) is 19.5 Å². The molecule has 1 aromatic carbocycles. The third-order valence-corrected chi connectivity index (χ3v) is 4.46. The molecular formula is C17H18N4O3S. The molecule has 0 atom stereocenters. The number of carbonyl (C=O) groups is 1. The van der Waals surface area contributed by atoms with E-state index in [1.807, 2.05) is 19.1 Å². The second-order valence-corrected chi connectivity index (χ2v) is 6.57. The molecule has 0 aliphatic heterocycles. The maximum absolute atomic E-state index is 12.5. The number of carbonyl (C=O) groups excluding carboxylic acids is 1. The van der Waals surface area contributed by atoms with Gasteiger partial charge in [0.05, 0.1) is 19.9 Å². The van der Waals surface area contributed by atoms with Crippen LogP contribution in [0.5, 0.6) is 11.5 Å². The molecule has 0 aliphatic rings. The first-order chi connectivity index (χ1) is 12.0. The Bertz CT molecular complexity index is 917. The number of nitrogens with one attached hydrogen (secondary N) is 1. The van der Waals surface area contributed by atoms with Crippen LogP contribution in [0, 0.1) is 6.92 Å². The second kappa shape index (κ2) is 6.94. The number of nitrogens with zero attached hydrogens (tertiary/aromatic N) is 3. The Morgan fingerprint density at radius 1 is 1.24 bits per heavy atom. The molecule has 0 saturated carbocycles. The average Bonchev–Trinajstić information content (AvgIpc) is 3.19. The van der Waals surface area contributed by atoms with E-state index in [-0.39, 0.29) is 5.91 Å². The minimum absolute atomic E-state index is 0.266. The van der Waals surface area contributed by atoms with E-state index in [2.05, 4.69) is 15.4 Å². The van der Waals surface area contributed by atoms with Crippen molar-refractivity contribution in [2.24, 2.45) is 7.05 Å². The normalized spacial score (nSPS) is 10.6. The molecule has 25 heavy (non-hydrogen) atoms. The quantitative estimate of drug-likeness (QED) is 0.758. The van der Waals surface area contributed by atoms with Gasteiger partial charge in [0, 0.05) is 23.7 Å². The van der Waals surface area contributed by atoms with Gasteiger partial charge in [-0.2, -0.15) is 5.10 Å². The number of benzene rings is 1. The lowest BCUT2D eigenvalue weighted by atomic mass is 10.1. The Kier molecular flexibility index (Phi) is 4.71. The number of hydrogen-bond acceptors (Lipinski definition) is 6. The van der Waals surface area contributed by atoms with Crippen LogP contribution in [0.3, 0.4) is 0 Å². The third-order valence-electron chi connectivity index (χ3n) is 3.64. The van der Waals surface area contributed by atoms with Gasteiger partial charge >= 0.3 is 0 Å². The first-order valence-corrected chi connectivity index (χ1v) is 8.33. The lowest BCUT2D eigenvalue weighted by molar-refractivity contribution is 0.101. The molecule has 0 aliphatic carbocycles. The van der Waals surface area contributed by atoms with Gasteiger partial charge in [0.25, 0.3) is 5.91 Å². The average molecular weight is 358 g/mol. The first-order valence-electron chi connectivity index (χ1n) is 7.52. The molecule has 0 spiro atoms. The Labute approximate surface area is 149 Å². The standard InChI is InChI=1S/C17H18N4O3S/c1-10-9-18-17(25-10)19-16(22)14-8-13(20-21(14)2)12-7-11(23-3)5-6-15(12)24-4/h5-9H,1-4H3,(H,18,19,22). The molecule has 0 saturated heterocycles. The molecule has 0 unspecified atom stereocenters. The van der Waals surface area contributed by atoms with Crippen molar-refractivity contribution < 1.29 is 14.3 Å². The molecule has 0 fully saturated rings. The Balaban J connectivity index is 1.93. The minimum Gasteiger partial charge on any atom is -0.497 e. The van der Waals surface area contributed by atoms with Crippen molar-refractivity contribution >= 4 is 22.4 Å². The number of thiazole rings is 1. The van der Waals surface area contributed by atoms with Crippen molar-refractivity contribution in [3.05, 3.63) is 41.0 Å². The van der Waals surface area contributed by atoms with Crippen LogP contribution in [0.4, 0.5) is 5.13 Å². The summed E-state index contributed by atoms with van der Waals surface area (Å²) < 4.78 is 12.2. The van der Waals surface area contributed by atoms with E-state index in [1.54, 1.807) is 39.6 Å². The number of hydrogen-bond donors (Lipinski definition) is 1. The largest absolute Gasteiger partial charge is 0.497 e. The molecule has 7 nitrogen and oxygen atoms in total. The number of aryl methyl sites for hydroxylation is 2. The molecule has 130 valence electrons. The summed E-state index contributed by atoms with van der Waals surface area (Å²) in [6, 6.07) is 7.16. The molecule has 8 heteroatoms. The second-order valence-electron chi connectivity index (χ2n) is 5.33. The van der Waals surface area contributed by atoms with Crippen molar-refractivity contribution in [2.45, 2.75) is 6.92 Å². The molecule has 1 amide bonds. The van der Waals surface area contributed by atoms with Gasteiger partial charge in [-0.25, -0.2) is 4.98 Å². The molecule has 0 bridgehead atoms. The van der Waals surface area contributed by atoms with Gasteiger partial charge in [0.2, 0.25) is 0 Å². The summed E-state index contributed by atoms with van der Waals surface area (Å²) in [7, 11) is 4.91. The summed E-state index contributed by atoms with van der Waals surface area (Å²) in [4.78, 5) is 17.7. The monoisotopic (exact) mass is 358 g/mol. The highest BCUT2D eigenvalue weighted by molar-refractivity contribution is 7.15. The predicted molar refractivity (Wildman–Crippen MR) is 96.6 cm³/mol. The maximum atomic E-state index is 12.5. The summed E-state index contributed by atoms with van der Waals surface area (Å²) in [5.41, 5.74) is 1.80. The molecule has 3 aromatic rings. The Hall–Kier alpha value is -2.87. The number of rotatable bonds is 5. The summed E-state index contributed by atoms with van der Waals surface area (Å²) in [6.07, 6.45) is 1.72. The molecule has 2 aromatic heterocycles. The van der Waals surface area contributed by atoms with Crippen LogP contribution < -0.4 is 14.8 Å². The van der Waals surface area contributed by atoms with Gasteiger partial charge in [-0.05, 0) is 31.2 Å². The zero-order valence-electron chi connectivity index (χ0n) is 14.4. The van der Waals surface area contributed by atoms with Gasteiger partial charge in [-0.15, -0.1) is 11.3 Å². The fourth-order valence-corrected chi connectivity index (χ4v) is 3.06. The van der Waals surface area contributed by atoms with E-state index in [0.29, 0.717) is 28.0 Å². The first kappa shape index (κ1) is 17.0. The van der Waals surface area contributed by atoms with Crippen molar-refractivity contribution in [1.29, 1.82) is 0 Å². The van der Waals surface area contributed by atoms with Crippen LogP contribution in [0.15, 0.2) is 30.5 Å². The van der Waals surface area contributed by atoms with E-state index < -0.39 is 0 Å². The zero-order valence-corrected chi connectivity index (χ0v) is 15.2. The highest BCUT2D eigenvalue weighted by Gasteiger charge is 2.18. The van der Waals surface area contributed by atoms with E-state index in [0.717, 1.165) is 10.4 Å². The van der Waals surface area contributed by atoms with Crippen LogP contribution in [-0.2, 0) is 7.05 Å². The van der Waals surface area contributed by atoms with Gasteiger partial charge in [-0.1, -0.05) is 0 Å². The van der Waals surface area contributed by atoms with Crippen LogP contribution in [0.25, 0.3) is 11.3 Å². The molecular weight excluding hydrogens is 340 g/mol. The molecule has 3 rings (SSSR count). The minimum atomic E-state index is -0.266. The summed E-state index contributed by atoms with van der Waals surface area (Å²) in [5, 5.41) is 7.78. The van der Waals surface area contributed by atoms with Crippen LogP contribution >= 0.6 is 11.3 Å². The lowest BCUT2D eigenvalue weighted by Crippen LogP contribution is -2.15. The van der Waals surface area contributed by atoms with Gasteiger partial charge in [0.1, 0.15) is 17.2 Å². The topological polar surface area (TPSA) is 78.3 Å². The number of aromatic nitrogens is 3. The summed E-state index contributed by atoms with van der Waals surface area (Å²) >= 11 is 1.42. The number of amides is 1. The predicted octanol–water partition coefficient (Wildman–Crippen LogP) is 3.12. The van der Waals surface area contributed by atoms with Crippen molar-refractivity contribution in [3.63, 3.8) is 0 Å². The highest BCUT2D eigenvalue weighted by atomic mass is 32.1. The van der Waals surface area contributed by atoms with Crippen molar-refractivity contribution in [3.8, 4) is 22.8 Å². The molecule has 2 heterocycles. The smallest absolute Gasteiger partial charge is 0.275 e. The highest BCUT2D eigenvalue weighted by Crippen LogP contribution is 2.33. The van der Waals surface area contributed by atoms with E-state index in [9.17, 15) is 4.79 Å². The Morgan fingerprint density at radius 3 is 2.68 bits per heavy atom. The number of methoxy groups -OCH3 is 2.